The molecule has 2 N–H and O–H groups in total. The average molecular weight is 294 g/mol. The van der Waals surface area contributed by atoms with Crippen molar-refractivity contribution >= 4 is 5.91 Å². The van der Waals surface area contributed by atoms with Crippen LogP contribution < -0.4 is 10.6 Å². The molecule has 6 heteroatoms. The lowest BCUT2D eigenvalue weighted by Crippen LogP contribution is -2.52. The van der Waals surface area contributed by atoms with E-state index in [-0.39, 0.29) is 31.3 Å². The van der Waals surface area contributed by atoms with Crippen LogP contribution in [0.4, 0.5) is 13.2 Å². The Morgan fingerprint density at radius 3 is 2.35 bits per heavy atom. The summed E-state index contributed by atoms with van der Waals surface area (Å²) in [5.74, 6) is -0.929. The van der Waals surface area contributed by atoms with E-state index in [1.54, 1.807) is 0 Å². The van der Waals surface area contributed by atoms with E-state index in [0.717, 1.165) is 12.8 Å². The van der Waals surface area contributed by atoms with Crippen LogP contribution in [0.3, 0.4) is 0 Å². The summed E-state index contributed by atoms with van der Waals surface area (Å²) in [5, 5.41) is 5.59. The summed E-state index contributed by atoms with van der Waals surface area (Å²) in [7, 11) is 0. The van der Waals surface area contributed by atoms with E-state index in [1.165, 1.54) is 0 Å². The zero-order valence-electron chi connectivity index (χ0n) is 12.4. The van der Waals surface area contributed by atoms with Gasteiger partial charge in [-0.15, -0.1) is 0 Å². The third-order valence-electron chi connectivity index (χ3n) is 3.76. The van der Waals surface area contributed by atoms with Crippen LogP contribution in [0, 0.1) is 11.8 Å². The number of hydrogen-bond donors (Lipinski definition) is 2. The fraction of sp³-hybridized carbons (Fsp3) is 0.929. The highest BCUT2D eigenvalue weighted by atomic mass is 19.4. The molecule has 3 atom stereocenters. The summed E-state index contributed by atoms with van der Waals surface area (Å²) < 4.78 is 37.5. The van der Waals surface area contributed by atoms with E-state index in [0.29, 0.717) is 5.92 Å². The maximum Gasteiger partial charge on any atom is 0.393 e. The van der Waals surface area contributed by atoms with Crippen molar-refractivity contribution in [3.05, 3.63) is 0 Å². The Hall–Kier alpha value is -0.780. The Kier molecular flexibility index (Phi) is 6.30. The molecular formula is C14H25F3N2O. The van der Waals surface area contributed by atoms with Gasteiger partial charge in [0.15, 0.2) is 0 Å². The maximum absolute atomic E-state index is 12.5. The van der Waals surface area contributed by atoms with Gasteiger partial charge in [0.2, 0.25) is 5.91 Å². The molecule has 20 heavy (non-hydrogen) atoms. The van der Waals surface area contributed by atoms with Crippen molar-refractivity contribution in [1.29, 1.82) is 0 Å². The largest absolute Gasteiger partial charge is 0.393 e. The molecule has 1 aliphatic rings. The number of rotatable bonds is 5. The number of halogens is 3. The van der Waals surface area contributed by atoms with Crippen LogP contribution in [0.25, 0.3) is 0 Å². The molecule has 1 fully saturated rings. The second-order valence-electron chi connectivity index (χ2n) is 6.16. The van der Waals surface area contributed by atoms with Crippen LogP contribution in [0.2, 0.25) is 0 Å². The summed E-state index contributed by atoms with van der Waals surface area (Å²) in [6, 6.07) is -0.429. The van der Waals surface area contributed by atoms with Gasteiger partial charge in [-0.25, -0.2) is 0 Å². The Morgan fingerprint density at radius 1 is 1.25 bits per heavy atom. The maximum atomic E-state index is 12.5. The van der Waals surface area contributed by atoms with Gasteiger partial charge in [-0.1, -0.05) is 13.8 Å². The number of nitrogens with one attached hydrogen (secondary N) is 2. The SMILES string of the molecule is CC(C)CCC(C)NC(=O)C1CCC(C(F)(F)F)CN1. The molecule has 0 bridgehead atoms. The topological polar surface area (TPSA) is 41.1 Å². The molecule has 3 unspecified atom stereocenters. The lowest BCUT2D eigenvalue weighted by Gasteiger charge is -2.31. The predicted octanol–water partition coefficient (Wildman–Crippen LogP) is 2.86. The normalized spacial score (nSPS) is 25.6. The van der Waals surface area contributed by atoms with Crippen molar-refractivity contribution < 1.29 is 18.0 Å². The minimum absolute atomic E-state index is 0.0228. The molecule has 1 amide bonds. The highest BCUT2D eigenvalue weighted by Crippen LogP contribution is 2.31. The minimum atomic E-state index is -4.17. The highest BCUT2D eigenvalue weighted by molar-refractivity contribution is 5.82. The standard InChI is InChI=1S/C14H25F3N2O/c1-9(2)4-5-10(3)19-13(20)12-7-6-11(8-18-12)14(15,16)17/h9-12,18H,4-8H2,1-3H3,(H,19,20). The average Bonchev–Trinajstić information content (AvgIpc) is 2.35. The lowest BCUT2D eigenvalue weighted by molar-refractivity contribution is -0.180. The Labute approximate surface area is 118 Å². The van der Waals surface area contributed by atoms with Crippen LogP contribution >= 0.6 is 0 Å². The highest BCUT2D eigenvalue weighted by Gasteiger charge is 2.42. The van der Waals surface area contributed by atoms with Gasteiger partial charge in [-0.05, 0) is 38.5 Å². The van der Waals surface area contributed by atoms with Crippen molar-refractivity contribution in [2.45, 2.75) is 64.7 Å². The van der Waals surface area contributed by atoms with Crippen molar-refractivity contribution in [3.63, 3.8) is 0 Å². The van der Waals surface area contributed by atoms with Crippen LogP contribution in [0.5, 0.6) is 0 Å². The predicted molar refractivity (Wildman–Crippen MR) is 72.2 cm³/mol. The van der Waals surface area contributed by atoms with Crippen LogP contribution in [0.15, 0.2) is 0 Å². The van der Waals surface area contributed by atoms with E-state index < -0.39 is 18.1 Å². The summed E-state index contributed by atoms with van der Waals surface area (Å²) in [6.07, 6.45) is -1.99. The molecule has 1 saturated heterocycles. The van der Waals surface area contributed by atoms with Gasteiger partial charge in [-0.3, -0.25) is 4.79 Å². The molecule has 1 rings (SSSR count). The summed E-state index contributed by atoms with van der Waals surface area (Å²) >= 11 is 0. The fourth-order valence-electron chi connectivity index (χ4n) is 2.36. The van der Waals surface area contributed by atoms with E-state index in [4.69, 9.17) is 0 Å². The van der Waals surface area contributed by atoms with Gasteiger partial charge in [0.05, 0.1) is 12.0 Å². The smallest absolute Gasteiger partial charge is 0.352 e. The first-order valence-electron chi connectivity index (χ1n) is 7.30. The number of carbonyl (C=O) groups is 1. The summed E-state index contributed by atoms with van der Waals surface area (Å²) in [4.78, 5) is 12.0. The molecule has 0 aliphatic carbocycles. The first kappa shape index (κ1) is 17.3. The first-order valence-corrected chi connectivity index (χ1v) is 7.30. The fourth-order valence-corrected chi connectivity index (χ4v) is 2.36. The van der Waals surface area contributed by atoms with Gasteiger partial charge in [-0.2, -0.15) is 13.2 Å². The molecule has 0 spiro atoms. The number of piperidine rings is 1. The molecular weight excluding hydrogens is 269 g/mol. The summed E-state index contributed by atoms with van der Waals surface area (Å²) in [5.41, 5.74) is 0. The number of alkyl halides is 3. The Balaban J connectivity index is 2.32. The van der Waals surface area contributed by atoms with Crippen molar-refractivity contribution in [2.24, 2.45) is 11.8 Å². The molecule has 118 valence electrons. The molecule has 3 nitrogen and oxygen atoms in total. The zero-order valence-corrected chi connectivity index (χ0v) is 12.4. The van der Waals surface area contributed by atoms with E-state index >= 15 is 0 Å². The van der Waals surface area contributed by atoms with Crippen molar-refractivity contribution in [1.82, 2.24) is 10.6 Å². The quantitative estimate of drug-likeness (QED) is 0.818. The molecule has 0 aromatic heterocycles. The third-order valence-corrected chi connectivity index (χ3v) is 3.76. The number of carbonyl (C=O) groups excluding carboxylic acids is 1. The van der Waals surface area contributed by atoms with Crippen LogP contribution in [-0.2, 0) is 4.79 Å². The van der Waals surface area contributed by atoms with Crippen molar-refractivity contribution in [2.75, 3.05) is 6.54 Å². The zero-order chi connectivity index (χ0) is 15.3. The molecule has 0 saturated carbocycles. The second-order valence-corrected chi connectivity index (χ2v) is 6.16. The second kappa shape index (κ2) is 7.29. The van der Waals surface area contributed by atoms with Crippen LogP contribution in [0.1, 0.15) is 46.5 Å². The van der Waals surface area contributed by atoms with Gasteiger partial charge < -0.3 is 10.6 Å². The Morgan fingerprint density at radius 2 is 1.90 bits per heavy atom. The molecule has 0 radical (unpaired) electrons. The van der Waals surface area contributed by atoms with Crippen molar-refractivity contribution in [3.8, 4) is 0 Å². The number of amides is 1. The van der Waals surface area contributed by atoms with E-state index in [2.05, 4.69) is 24.5 Å². The van der Waals surface area contributed by atoms with E-state index in [9.17, 15) is 18.0 Å². The lowest BCUT2D eigenvalue weighted by atomic mass is 9.93. The van der Waals surface area contributed by atoms with Gasteiger partial charge in [0.1, 0.15) is 0 Å². The Bertz CT molecular complexity index is 310. The van der Waals surface area contributed by atoms with Crippen LogP contribution in [-0.4, -0.2) is 30.7 Å². The molecule has 0 aromatic rings. The monoisotopic (exact) mass is 294 g/mol. The van der Waals surface area contributed by atoms with Gasteiger partial charge in [0.25, 0.3) is 0 Å². The molecule has 0 aromatic carbocycles. The first-order chi connectivity index (χ1) is 9.20. The number of hydrogen-bond acceptors (Lipinski definition) is 2. The molecule has 1 aliphatic heterocycles. The van der Waals surface area contributed by atoms with Gasteiger partial charge >= 0.3 is 6.18 Å². The minimum Gasteiger partial charge on any atom is -0.352 e. The van der Waals surface area contributed by atoms with Gasteiger partial charge in [0, 0.05) is 12.6 Å². The third kappa shape index (κ3) is 5.69. The summed E-state index contributed by atoms with van der Waals surface area (Å²) in [6.45, 7) is 6.01. The molecule has 1 heterocycles. The van der Waals surface area contributed by atoms with E-state index in [1.807, 2.05) is 6.92 Å².